The first-order valence-electron chi connectivity index (χ1n) is 8.12. The van der Waals surface area contributed by atoms with Crippen LogP contribution < -0.4 is 4.90 Å². The van der Waals surface area contributed by atoms with E-state index in [-0.39, 0.29) is 0 Å². The fourth-order valence-corrected chi connectivity index (χ4v) is 2.84. The van der Waals surface area contributed by atoms with Gasteiger partial charge in [0.25, 0.3) is 0 Å². The summed E-state index contributed by atoms with van der Waals surface area (Å²) in [7, 11) is 2.09. The molecule has 1 aliphatic rings. The number of nitrogens with zero attached hydrogens (tertiary/aromatic N) is 3. The number of allylic oxidation sites excluding steroid dienone is 1. The summed E-state index contributed by atoms with van der Waals surface area (Å²) < 4.78 is 0. The Hall–Kier alpha value is -2.55. The highest BCUT2D eigenvalue weighted by Gasteiger charge is 2.13. The van der Waals surface area contributed by atoms with Gasteiger partial charge in [0, 0.05) is 38.2 Å². The van der Waals surface area contributed by atoms with Crippen molar-refractivity contribution >= 4 is 5.82 Å². The van der Waals surface area contributed by atoms with Crippen LogP contribution in [-0.4, -0.2) is 23.5 Å². The first-order valence-corrected chi connectivity index (χ1v) is 8.12. The van der Waals surface area contributed by atoms with Gasteiger partial charge in [-0.3, -0.25) is 0 Å². The van der Waals surface area contributed by atoms with E-state index in [1.807, 2.05) is 12.3 Å². The smallest absolute Gasteiger partial charge is 0.135 e. The Labute approximate surface area is 138 Å². The molecule has 0 aliphatic carbocycles. The molecule has 0 N–H and O–H groups in total. The molecule has 118 valence electrons. The van der Waals surface area contributed by atoms with Crippen LogP contribution >= 0.6 is 0 Å². The highest BCUT2D eigenvalue weighted by molar-refractivity contribution is 5.54. The maximum atomic E-state index is 4.55. The van der Waals surface area contributed by atoms with Crippen molar-refractivity contribution in [3.05, 3.63) is 83.8 Å². The number of likely N-dealkylation sites (N-methyl/N-ethyl adjacent to an activating group) is 1. The number of pyridine rings is 1. The molecular formula is C20H23N3. The van der Waals surface area contributed by atoms with Crippen molar-refractivity contribution in [2.45, 2.75) is 19.9 Å². The summed E-state index contributed by atoms with van der Waals surface area (Å²) in [5.74, 6) is 1.04. The number of hydrogen-bond donors (Lipinski definition) is 0. The summed E-state index contributed by atoms with van der Waals surface area (Å²) in [5, 5.41) is 0. The van der Waals surface area contributed by atoms with Gasteiger partial charge in [0.2, 0.25) is 0 Å². The summed E-state index contributed by atoms with van der Waals surface area (Å²) in [6, 6.07) is 14.7. The van der Waals surface area contributed by atoms with Crippen LogP contribution in [0.4, 0.5) is 5.82 Å². The molecule has 0 saturated carbocycles. The van der Waals surface area contributed by atoms with Crippen molar-refractivity contribution in [1.29, 1.82) is 0 Å². The van der Waals surface area contributed by atoms with E-state index >= 15 is 0 Å². The molecule has 0 spiro atoms. The molecular weight excluding hydrogens is 282 g/mol. The Bertz CT molecular complexity index is 704. The van der Waals surface area contributed by atoms with Gasteiger partial charge in [0.15, 0.2) is 0 Å². The highest BCUT2D eigenvalue weighted by Crippen LogP contribution is 2.22. The van der Waals surface area contributed by atoms with Gasteiger partial charge in [-0.2, -0.15) is 0 Å². The van der Waals surface area contributed by atoms with Crippen molar-refractivity contribution in [2.75, 3.05) is 18.5 Å². The van der Waals surface area contributed by atoms with Crippen LogP contribution in [0.25, 0.3) is 0 Å². The fourth-order valence-electron chi connectivity index (χ4n) is 2.84. The summed E-state index contributed by atoms with van der Waals surface area (Å²) >= 11 is 0. The van der Waals surface area contributed by atoms with Crippen molar-refractivity contribution in [3.63, 3.8) is 0 Å². The first kappa shape index (κ1) is 15.3. The third-order valence-corrected chi connectivity index (χ3v) is 4.17. The quantitative estimate of drug-likeness (QED) is 0.832. The molecule has 2 aromatic rings. The number of hydrogen-bond acceptors (Lipinski definition) is 3. The minimum Gasteiger partial charge on any atom is -0.369 e. The first-order chi connectivity index (χ1) is 11.3. The molecule has 3 rings (SSSR count). The van der Waals surface area contributed by atoms with Gasteiger partial charge >= 0.3 is 0 Å². The Morgan fingerprint density at radius 1 is 1.13 bits per heavy atom. The zero-order valence-corrected chi connectivity index (χ0v) is 13.8. The summed E-state index contributed by atoms with van der Waals surface area (Å²) in [6.07, 6.45) is 9.45. The standard InChI is InChI=1S/C20H23N3/c1-3-18-10-7-13-21-20(18)22(2)19-11-14-23(15-12-19)16-17-8-5-4-6-9-17/h4-14H,3,15-16H2,1-2H3. The minimum absolute atomic E-state index is 0.916. The number of benzene rings is 1. The lowest BCUT2D eigenvalue weighted by molar-refractivity contribution is 0.403. The number of rotatable bonds is 5. The van der Waals surface area contributed by atoms with Gasteiger partial charge in [0.05, 0.1) is 0 Å². The second-order valence-electron chi connectivity index (χ2n) is 5.76. The molecule has 2 heterocycles. The van der Waals surface area contributed by atoms with Crippen LogP contribution in [0.15, 0.2) is 72.7 Å². The average molecular weight is 305 g/mol. The second kappa shape index (κ2) is 7.14. The Morgan fingerprint density at radius 2 is 1.96 bits per heavy atom. The van der Waals surface area contributed by atoms with Gasteiger partial charge in [-0.15, -0.1) is 0 Å². The van der Waals surface area contributed by atoms with Crippen LogP contribution in [0.2, 0.25) is 0 Å². The lowest BCUT2D eigenvalue weighted by atomic mass is 10.1. The topological polar surface area (TPSA) is 19.4 Å². The predicted octanol–water partition coefficient (Wildman–Crippen LogP) is 3.99. The maximum absolute atomic E-state index is 4.55. The van der Waals surface area contributed by atoms with Crippen LogP contribution in [-0.2, 0) is 13.0 Å². The maximum Gasteiger partial charge on any atom is 0.135 e. The number of aromatic nitrogens is 1. The van der Waals surface area contributed by atoms with E-state index in [1.165, 1.54) is 16.8 Å². The van der Waals surface area contributed by atoms with Crippen LogP contribution in [0.5, 0.6) is 0 Å². The number of anilines is 1. The molecule has 1 aromatic heterocycles. The molecule has 0 atom stereocenters. The summed E-state index contributed by atoms with van der Waals surface area (Å²) in [6.45, 7) is 4.02. The van der Waals surface area contributed by atoms with Crippen molar-refractivity contribution in [2.24, 2.45) is 0 Å². The minimum atomic E-state index is 0.916. The summed E-state index contributed by atoms with van der Waals surface area (Å²) in [5.41, 5.74) is 3.80. The zero-order valence-electron chi connectivity index (χ0n) is 13.8. The molecule has 3 nitrogen and oxygen atoms in total. The molecule has 0 amide bonds. The van der Waals surface area contributed by atoms with E-state index in [4.69, 9.17) is 0 Å². The van der Waals surface area contributed by atoms with Crippen LogP contribution in [0.3, 0.4) is 0 Å². The van der Waals surface area contributed by atoms with Gasteiger partial charge in [-0.05, 0) is 35.8 Å². The molecule has 0 saturated heterocycles. The van der Waals surface area contributed by atoms with E-state index < -0.39 is 0 Å². The molecule has 1 aromatic carbocycles. The zero-order chi connectivity index (χ0) is 16.1. The molecule has 0 fully saturated rings. The third kappa shape index (κ3) is 3.62. The van der Waals surface area contributed by atoms with Crippen LogP contribution in [0, 0.1) is 0 Å². The highest BCUT2D eigenvalue weighted by atomic mass is 15.2. The predicted molar refractivity (Wildman–Crippen MR) is 96.1 cm³/mol. The fraction of sp³-hybridized carbons (Fsp3) is 0.250. The van der Waals surface area contributed by atoms with E-state index in [2.05, 4.69) is 83.5 Å². The molecule has 0 radical (unpaired) electrons. The van der Waals surface area contributed by atoms with Crippen LogP contribution in [0.1, 0.15) is 18.1 Å². The van der Waals surface area contributed by atoms with E-state index in [9.17, 15) is 0 Å². The van der Waals surface area contributed by atoms with Gasteiger partial charge in [-0.1, -0.05) is 43.3 Å². The molecule has 0 unspecified atom stereocenters. The van der Waals surface area contributed by atoms with Crippen molar-refractivity contribution in [1.82, 2.24) is 9.88 Å². The van der Waals surface area contributed by atoms with E-state index in [0.29, 0.717) is 0 Å². The molecule has 23 heavy (non-hydrogen) atoms. The molecule has 0 bridgehead atoms. The van der Waals surface area contributed by atoms with Crippen molar-refractivity contribution in [3.8, 4) is 0 Å². The van der Waals surface area contributed by atoms with E-state index in [1.54, 1.807) is 0 Å². The normalized spacial score (nSPS) is 13.8. The van der Waals surface area contributed by atoms with Gasteiger partial charge in [-0.25, -0.2) is 4.98 Å². The van der Waals surface area contributed by atoms with Gasteiger partial charge in [0.1, 0.15) is 5.82 Å². The third-order valence-electron chi connectivity index (χ3n) is 4.17. The SMILES string of the molecule is CCc1cccnc1N(C)C1=CCN(Cc2ccccc2)C=C1. The Kier molecular flexibility index (Phi) is 4.77. The lowest BCUT2D eigenvalue weighted by Crippen LogP contribution is -2.25. The van der Waals surface area contributed by atoms with Crippen molar-refractivity contribution < 1.29 is 0 Å². The Morgan fingerprint density at radius 3 is 2.65 bits per heavy atom. The molecule has 3 heteroatoms. The van der Waals surface area contributed by atoms with E-state index in [0.717, 1.165) is 25.3 Å². The molecule has 1 aliphatic heterocycles. The monoisotopic (exact) mass is 305 g/mol. The lowest BCUT2D eigenvalue weighted by Gasteiger charge is -2.28. The Balaban J connectivity index is 1.68. The van der Waals surface area contributed by atoms with Gasteiger partial charge < -0.3 is 9.80 Å². The largest absolute Gasteiger partial charge is 0.369 e. The number of aryl methyl sites for hydroxylation is 1. The average Bonchev–Trinajstić information content (AvgIpc) is 2.62. The second-order valence-corrected chi connectivity index (χ2v) is 5.76. The summed E-state index contributed by atoms with van der Waals surface area (Å²) in [4.78, 5) is 9.04.